The molecule has 0 aromatic heterocycles. The van der Waals surface area contributed by atoms with Crippen LogP contribution in [0.1, 0.15) is 12.8 Å². The van der Waals surface area contributed by atoms with Gasteiger partial charge in [0.25, 0.3) is 5.91 Å². The minimum absolute atomic E-state index is 0.0402. The van der Waals surface area contributed by atoms with Crippen LogP contribution in [0.15, 0.2) is 24.3 Å². The third kappa shape index (κ3) is 3.11. The number of morpholine rings is 1. The highest BCUT2D eigenvalue weighted by atomic mass is 16.5. The fourth-order valence-corrected chi connectivity index (χ4v) is 2.58. The van der Waals surface area contributed by atoms with Crippen molar-refractivity contribution in [2.24, 2.45) is 0 Å². The summed E-state index contributed by atoms with van der Waals surface area (Å²) in [7, 11) is 0. The van der Waals surface area contributed by atoms with Gasteiger partial charge in [-0.15, -0.1) is 0 Å². The van der Waals surface area contributed by atoms with Crippen LogP contribution in [-0.4, -0.2) is 44.9 Å². The lowest BCUT2D eigenvalue weighted by Gasteiger charge is -2.28. The van der Waals surface area contributed by atoms with Crippen molar-refractivity contribution >= 4 is 17.3 Å². The molecule has 1 N–H and O–H groups in total. The van der Waals surface area contributed by atoms with Gasteiger partial charge in [-0.1, -0.05) is 0 Å². The number of carbonyl (C=O) groups excluding carboxylic acids is 1. The molecule has 0 saturated carbocycles. The van der Waals surface area contributed by atoms with Gasteiger partial charge in [-0.2, -0.15) is 0 Å². The van der Waals surface area contributed by atoms with Crippen LogP contribution in [0.4, 0.5) is 11.4 Å². The van der Waals surface area contributed by atoms with E-state index in [2.05, 4.69) is 10.2 Å². The topological polar surface area (TPSA) is 50.8 Å². The maximum Gasteiger partial charge on any atom is 0.253 e. The van der Waals surface area contributed by atoms with Crippen LogP contribution < -0.4 is 10.2 Å². The molecule has 5 heteroatoms. The third-order valence-electron chi connectivity index (χ3n) is 3.73. The van der Waals surface area contributed by atoms with E-state index in [9.17, 15) is 4.79 Å². The number of amides is 1. The zero-order chi connectivity index (χ0) is 13.8. The first-order valence-corrected chi connectivity index (χ1v) is 7.18. The highest BCUT2D eigenvalue weighted by Crippen LogP contribution is 2.20. The van der Waals surface area contributed by atoms with Crippen molar-refractivity contribution < 1.29 is 14.3 Å². The van der Waals surface area contributed by atoms with E-state index in [1.807, 2.05) is 24.3 Å². The molecule has 0 radical (unpaired) electrons. The minimum Gasteiger partial charge on any atom is -0.378 e. The van der Waals surface area contributed by atoms with E-state index in [4.69, 9.17) is 9.47 Å². The number of anilines is 2. The number of hydrogen-bond acceptors (Lipinski definition) is 4. The number of rotatable bonds is 3. The van der Waals surface area contributed by atoms with Crippen LogP contribution in [0.25, 0.3) is 0 Å². The van der Waals surface area contributed by atoms with Crippen molar-refractivity contribution in [3.8, 4) is 0 Å². The molecule has 0 aliphatic carbocycles. The Kier molecular flexibility index (Phi) is 4.18. The second-order valence-electron chi connectivity index (χ2n) is 5.14. The lowest BCUT2D eigenvalue weighted by atomic mass is 10.2. The summed E-state index contributed by atoms with van der Waals surface area (Å²) in [5.41, 5.74) is 1.99. The van der Waals surface area contributed by atoms with Gasteiger partial charge in [0.05, 0.1) is 13.2 Å². The zero-order valence-corrected chi connectivity index (χ0v) is 11.5. The van der Waals surface area contributed by atoms with E-state index >= 15 is 0 Å². The molecule has 1 atom stereocenters. The first-order chi connectivity index (χ1) is 9.83. The van der Waals surface area contributed by atoms with Crippen LogP contribution in [0.5, 0.6) is 0 Å². The monoisotopic (exact) mass is 276 g/mol. The molecule has 0 unspecified atom stereocenters. The minimum atomic E-state index is -0.283. The quantitative estimate of drug-likeness (QED) is 0.912. The number of benzene rings is 1. The fourth-order valence-electron chi connectivity index (χ4n) is 2.58. The summed E-state index contributed by atoms with van der Waals surface area (Å²) in [5, 5.41) is 2.91. The lowest BCUT2D eigenvalue weighted by molar-refractivity contribution is -0.124. The number of hydrogen-bond donors (Lipinski definition) is 1. The third-order valence-corrected chi connectivity index (χ3v) is 3.73. The maximum atomic E-state index is 11.9. The largest absolute Gasteiger partial charge is 0.378 e. The fraction of sp³-hybridized carbons (Fsp3) is 0.533. The summed E-state index contributed by atoms with van der Waals surface area (Å²) in [6.45, 7) is 4.08. The molecule has 2 aliphatic rings. The number of nitrogens with one attached hydrogen (secondary N) is 1. The molecule has 108 valence electrons. The Bertz CT molecular complexity index is 449. The molecule has 2 fully saturated rings. The molecular weight excluding hydrogens is 256 g/mol. The van der Waals surface area contributed by atoms with E-state index in [1.165, 1.54) is 5.69 Å². The molecule has 0 bridgehead atoms. The van der Waals surface area contributed by atoms with E-state index in [1.54, 1.807) is 0 Å². The maximum absolute atomic E-state index is 11.9. The van der Waals surface area contributed by atoms with Gasteiger partial charge in [0.2, 0.25) is 0 Å². The van der Waals surface area contributed by atoms with Crippen molar-refractivity contribution in [2.45, 2.75) is 18.9 Å². The van der Waals surface area contributed by atoms with Crippen LogP contribution in [0, 0.1) is 0 Å². The Labute approximate surface area is 118 Å². The highest BCUT2D eigenvalue weighted by Gasteiger charge is 2.23. The van der Waals surface area contributed by atoms with E-state index in [0.717, 1.165) is 44.8 Å². The summed E-state index contributed by atoms with van der Waals surface area (Å²) >= 11 is 0. The summed E-state index contributed by atoms with van der Waals surface area (Å²) in [5.74, 6) is -0.0402. The van der Waals surface area contributed by atoms with Crippen molar-refractivity contribution in [1.82, 2.24) is 0 Å². The second-order valence-corrected chi connectivity index (χ2v) is 5.14. The Morgan fingerprint density at radius 3 is 2.55 bits per heavy atom. The molecule has 1 amide bonds. The molecule has 0 spiro atoms. The lowest BCUT2D eigenvalue weighted by Crippen LogP contribution is -2.36. The molecule has 20 heavy (non-hydrogen) atoms. The molecular formula is C15H20N2O3. The normalized spacial score (nSPS) is 22.8. The Hall–Kier alpha value is -1.59. The Morgan fingerprint density at radius 1 is 1.15 bits per heavy atom. The summed E-state index contributed by atoms with van der Waals surface area (Å²) in [4.78, 5) is 14.2. The molecule has 2 saturated heterocycles. The molecule has 3 rings (SSSR count). The van der Waals surface area contributed by atoms with E-state index in [0.29, 0.717) is 6.61 Å². The summed E-state index contributed by atoms with van der Waals surface area (Å²) in [6, 6.07) is 7.96. The van der Waals surface area contributed by atoms with Crippen LogP contribution in [0.3, 0.4) is 0 Å². The van der Waals surface area contributed by atoms with Crippen LogP contribution >= 0.6 is 0 Å². The number of carbonyl (C=O) groups is 1. The van der Waals surface area contributed by atoms with Crippen molar-refractivity contribution in [1.29, 1.82) is 0 Å². The smallest absolute Gasteiger partial charge is 0.253 e. The van der Waals surface area contributed by atoms with Crippen molar-refractivity contribution in [2.75, 3.05) is 43.1 Å². The summed E-state index contributed by atoms with van der Waals surface area (Å²) < 4.78 is 10.7. The first kappa shape index (κ1) is 13.4. The average molecular weight is 276 g/mol. The van der Waals surface area contributed by atoms with Gasteiger partial charge in [0, 0.05) is 31.1 Å². The Morgan fingerprint density at radius 2 is 1.90 bits per heavy atom. The van der Waals surface area contributed by atoms with Gasteiger partial charge in [-0.3, -0.25) is 4.79 Å². The molecule has 5 nitrogen and oxygen atoms in total. The van der Waals surface area contributed by atoms with E-state index < -0.39 is 0 Å². The van der Waals surface area contributed by atoms with E-state index in [-0.39, 0.29) is 12.0 Å². The first-order valence-electron chi connectivity index (χ1n) is 7.18. The number of nitrogens with zero attached hydrogens (tertiary/aromatic N) is 1. The van der Waals surface area contributed by atoms with Crippen molar-refractivity contribution in [3.05, 3.63) is 24.3 Å². The zero-order valence-electron chi connectivity index (χ0n) is 11.5. The van der Waals surface area contributed by atoms with Gasteiger partial charge >= 0.3 is 0 Å². The molecule has 2 aliphatic heterocycles. The summed E-state index contributed by atoms with van der Waals surface area (Å²) in [6.07, 6.45) is 1.50. The second kappa shape index (κ2) is 6.24. The molecule has 1 aromatic carbocycles. The van der Waals surface area contributed by atoms with Gasteiger partial charge in [0.1, 0.15) is 6.10 Å². The van der Waals surface area contributed by atoms with Gasteiger partial charge < -0.3 is 19.7 Å². The Balaban J connectivity index is 1.59. The SMILES string of the molecule is O=C(Nc1ccc(N2CCOCC2)cc1)[C@@H]1CCCO1. The standard InChI is InChI=1S/C15H20N2O3/c18-15(14-2-1-9-20-14)16-12-3-5-13(6-4-12)17-7-10-19-11-8-17/h3-6,14H,1-2,7-11H2,(H,16,18)/t14-/m0/s1. The average Bonchev–Trinajstić information content (AvgIpc) is 3.03. The van der Waals surface area contributed by atoms with Gasteiger partial charge in [0.15, 0.2) is 0 Å². The molecule has 2 heterocycles. The van der Waals surface area contributed by atoms with Crippen LogP contribution in [0.2, 0.25) is 0 Å². The van der Waals surface area contributed by atoms with Crippen molar-refractivity contribution in [3.63, 3.8) is 0 Å². The highest BCUT2D eigenvalue weighted by molar-refractivity contribution is 5.94. The van der Waals surface area contributed by atoms with Gasteiger partial charge in [-0.25, -0.2) is 0 Å². The van der Waals surface area contributed by atoms with Crippen LogP contribution in [-0.2, 0) is 14.3 Å². The predicted octanol–water partition coefficient (Wildman–Crippen LogP) is 1.64. The number of ether oxygens (including phenoxy) is 2. The predicted molar refractivity (Wildman–Crippen MR) is 77.1 cm³/mol. The van der Waals surface area contributed by atoms with Gasteiger partial charge in [-0.05, 0) is 37.1 Å². The molecule has 1 aromatic rings.